The number of aryl methyl sites for hydroxylation is 1. The fraction of sp³-hybridized carbons (Fsp3) is 0.222. The average molecular weight is 391 g/mol. The number of nitrogens with zero attached hydrogens (tertiary/aromatic N) is 1. The van der Waals surface area contributed by atoms with Crippen molar-refractivity contribution >= 4 is 39.1 Å². The highest BCUT2D eigenvalue weighted by atomic mass is 79.9. The van der Waals surface area contributed by atoms with E-state index in [-0.39, 0.29) is 23.9 Å². The Morgan fingerprint density at radius 1 is 1.29 bits per heavy atom. The first-order valence-electron chi connectivity index (χ1n) is 7.57. The molecule has 0 unspecified atom stereocenters. The van der Waals surface area contributed by atoms with E-state index in [1.165, 1.54) is 12.1 Å². The van der Waals surface area contributed by atoms with Gasteiger partial charge in [0, 0.05) is 23.1 Å². The first kappa shape index (κ1) is 16.6. The largest absolute Gasteiger partial charge is 0.323 e. The molecular formula is C18H16BrFN2O2. The third-order valence-corrected chi connectivity index (χ3v) is 4.57. The van der Waals surface area contributed by atoms with Crippen LogP contribution in [0.5, 0.6) is 0 Å². The fourth-order valence-corrected chi connectivity index (χ4v) is 3.31. The third-order valence-electron chi connectivity index (χ3n) is 4.08. The van der Waals surface area contributed by atoms with Crippen LogP contribution in [0.3, 0.4) is 0 Å². The smallest absolute Gasteiger partial charge is 0.229 e. The van der Waals surface area contributed by atoms with E-state index in [0.29, 0.717) is 6.54 Å². The summed E-state index contributed by atoms with van der Waals surface area (Å²) in [5, 5.41) is 2.57. The summed E-state index contributed by atoms with van der Waals surface area (Å²) in [6.07, 6.45) is 0.121. The van der Waals surface area contributed by atoms with Crippen LogP contribution in [0.1, 0.15) is 12.0 Å². The Labute approximate surface area is 147 Å². The zero-order valence-electron chi connectivity index (χ0n) is 13.1. The molecule has 1 fully saturated rings. The van der Waals surface area contributed by atoms with Crippen molar-refractivity contribution in [2.75, 3.05) is 16.8 Å². The second-order valence-electron chi connectivity index (χ2n) is 5.81. The summed E-state index contributed by atoms with van der Waals surface area (Å²) < 4.78 is 14.6. The molecule has 24 heavy (non-hydrogen) atoms. The van der Waals surface area contributed by atoms with Crippen molar-refractivity contribution in [3.63, 3.8) is 0 Å². The lowest BCUT2D eigenvalue weighted by molar-refractivity contribution is -0.122. The van der Waals surface area contributed by atoms with Crippen molar-refractivity contribution < 1.29 is 14.0 Å². The van der Waals surface area contributed by atoms with Crippen molar-refractivity contribution in [1.29, 1.82) is 0 Å². The van der Waals surface area contributed by atoms with Crippen molar-refractivity contribution in [1.82, 2.24) is 0 Å². The van der Waals surface area contributed by atoms with Gasteiger partial charge in [-0.3, -0.25) is 9.59 Å². The van der Waals surface area contributed by atoms with E-state index in [1.807, 2.05) is 25.1 Å². The van der Waals surface area contributed by atoms with Gasteiger partial charge in [-0.2, -0.15) is 0 Å². The molecule has 1 aliphatic heterocycles. The molecule has 0 saturated carbocycles. The minimum atomic E-state index is -0.500. The molecule has 0 bridgehead atoms. The molecule has 0 aliphatic carbocycles. The molecule has 1 saturated heterocycles. The Morgan fingerprint density at radius 2 is 2.04 bits per heavy atom. The normalized spacial score (nSPS) is 17.2. The quantitative estimate of drug-likeness (QED) is 0.863. The fourth-order valence-electron chi connectivity index (χ4n) is 2.84. The van der Waals surface area contributed by atoms with Gasteiger partial charge in [-0.1, -0.05) is 28.1 Å². The van der Waals surface area contributed by atoms with E-state index in [4.69, 9.17) is 0 Å². The molecule has 124 valence electrons. The topological polar surface area (TPSA) is 49.4 Å². The van der Waals surface area contributed by atoms with E-state index in [0.717, 1.165) is 15.7 Å². The van der Waals surface area contributed by atoms with Crippen molar-refractivity contribution in [2.24, 2.45) is 5.92 Å². The molecule has 2 amide bonds. The van der Waals surface area contributed by atoms with E-state index in [9.17, 15) is 14.0 Å². The maximum atomic E-state index is 13.6. The first-order chi connectivity index (χ1) is 11.5. The Kier molecular flexibility index (Phi) is 4.66. The number of benzene rings is 2. The van der Waals surface area contributed by atoms with E-state index < -0.39 is 11.7 Å². The third kappa shape index (κ3) is 3.33. The van der Waals surface area contributed by atoms with Crippen LogP contribution in [0.2, 0.25) is 0 Å². The van der Waals surface area contributed by atoms with Crippen LogP contribution in [0.25, 0.3) is 0 Å². The molecule has 1 atom stereocenters. The number of amides is 2. The standard InChI is InChI=1S/C18H16BrFN2O2/c1-11-8-13(19)6-7-16(11)22-10-12(9-17(22)23)18(24)21-15-5-3-2-4-14(15)20/h2-8,12H,9-10H2,1H3,(H,21,24)/t12-/m1/s1. The lowest BCUT2D eigenvalue weighted by atomic mass is 10.1. The number of carbonyl (C=O) groups is 2. The van der Waals surface area contributed by atoms with Crippen molar-refractivity contribution in [3.8, 4) is 0 Å². The molecule has 1 heterocycles. The molecule has 0 spiro atoms. The van der Waals surface area contributed by atoms with E-state index in [2.05, 4.69) is 21.2 Å². The van der Waals surface area contributed by atoms with Gasteiger partial charge < -0.3 is 10.2 Å². The molecule has 3 rings (SSSR count). The zero-order chi connectivity index (χ0) is 17.3. The van der Waals surface area contributed by atoms with Gasteiger partial charge in [-0.25, -0.2) is 4.39 Å². The maximum Gasteiger partial charge on any atom is 0.229 e. The lowest BCUT2D eigenvalue weighted by Gasteiger charge is -2.19. The van der Waals surface area contributed by atoms with Crippen LogP contribution in [0.15, 0.2) is 46.9 Å². The molecule has 1 aliphatic rings. The SMILES string of the molecule is Cc1cc(Br)ccc1N1C[C@H](C(=O)Nc2ccccc2F)CC1=O. The van der Waals surface area contributed by atoms with Gasteiger partial charge in [-0.05, 0) is 42.8 Å². The highest BCUT2D eigenvalue weighted by Crippen LogP contribution is 2.30. The van der Waals surface area contributed by atoms with Gasteiger partial charge in [0.25, 0.3) is 0 Å². The number of carbonyl (C=O) groups excluding carboxylic acids is 2. The number of anilines is 2. The number of nitrogens with one attached hydrogen (secondary N) is 1. The minimum absolute atomic E-state index is 0.103. The van der Waals surface area contributed by atoms with Gasteiger partial charge >= 0.3 is 0 Å². The summed E-state index contributed by atoms with van der Waals surface area (Å²) in [5.41, 5.74) is 1.88. The highest BCUT2D eigenvalue weighted by Gasteiger charge is 2.35. The predicted molar refractivity (Wildman–Crippen MR) is 94.4 cm³/mol. The van der Waals surface area contributed by atoms with Gasteiger partial charge in [-0.15, -0.1) is 0 Å². The number of halogens is 2. The van der Waals surface area contributed by atoms with Crippen LogP contribution in [-0.2, 0) is 9.59 Å². The summed E-state index contributed by atoms with van der Waals surface area (Å²) in [6, 6.07) is 11.6. The van der Waals surface area contributed by atoms with Crippen LogP contribution in [0, 0.1) is 18.7 Å². The highest BCUT2D eigenvalue weighted by molar-refractivity contribution is 9.10. The molecular weight excluding hydrogens is 375 g/mol. The lowest BCUT2D eigenvalue weighted by Crippen LogP contribution is -2.28. The van der Waals surface area contributed by atoms with Crippen molar-refractivity contribution in [3.05, 3.63) is 58.3 Å². The van der Waals surface area contributed by atoms with E-state index >= 15 is 0 Å². The van der Waals surface area contributed by atoms with Crippen LogP contribution >= 0.6 is 15.9 Å². The molecule has 0 aromatic heterocycles. The average Bonchev–Trinajstić information content (AvgIpc) is 2.91. The second-order valence-corrected chi connectivity index (χ2v) is 6.72. The van der Waals surface area contributed by atoms with Gasteiger partial charge in [0.2, 0.25) is 11.8 Å². The summed E-state index contributed by atoms with van der Waals surface area (Å²) >= 11 is 3.40. The molecule has 6 heteroatoms. The van der Waals surface area contributed by atoms with Gasteiger partial charge in [0.05, 0.1) is 11.6 Å². The maximum absolute atomic E-state index is 13.6. The molecule has 2 aromatic rings. The summed E-state index contributed by atoms with van der Waals surface area (Å²) in [6.45, 7) is 2.21. The first-order valence-corrected chi connectivity index (χ1v) is 8.37. The monoisotopic (exact) mass is 390 g/mol. The van der Waals surface area contributed by atoms with Crippen LogP contribution in [0.4, 0.5) is 15.8 Å². The zero-order valence-corrected chi connectivity index (χ0v) is 14.6. The Morgan fingerprint density at radius 3 is 2.75 bits per heavy atom. The van der Waals surface area contributed by atoms with Gasteiger partial charge in [0.15, 0.2) is 0 Å². The molecule has 4 nitrogen and oxygen atoms in total. The number of hydrogen-bond acceptors (Lipinski definition) is 2. The van der Waals surface area contributed by atoms with E-state index in [1.54, 1.807) is 17.0 Å². The minimum Gasteiger partial charge on any atom is -0.323 e. The Bertz CT molecular complexity index is 809. The summed E-state index contributed by atoms with van der Waals surface area (Å²) in [5.74, 6) is -1.43. The summed E-state index contributed by atoms with van der Waals surface area (Å²) in [4.78, 5) is 26.3. The number of para-hydroxylation sites is 1. The Balaban J connectivity index is 1.74. The number of hydrogen-bond donors (Lipinski definition) is 1. The summed E-state index contributed by atoms with van der Waals surface area (Å²) in [7, 11) is 0. The van der Waals surface area contributed by atoms with Gasteiger partial charge in [0.1, 0.15) is 5.82 Å². The van der Waals surface area contributed by atoms with Crippen molar-refractivity contribution in [2.45, 2.75) is 13.3 Å². The molecule has 0 radical (unpaired) electrons. The second kappa shape index (κ2) is 6.73. The Hall–Kier alpha value is -2.21. The molecule has 2 aromatic carbocycles. The number of rotatable bonds is 3. The van der Waals surface area contributed by atoms with Crippen LogP contribution in [-0.4, -0.2) is 18.4 Å². The molecule has 1 N–H and O–H groups in total. The van der Waals surface area contributed by atoms with Crippen LogP contribution < -0.4 is 10.2 Å². The predicted octanol–water partition coefficient (Wildman–Crippen LogP) is 3.89.